The van der Waals surface area contributed by atoms with Crippen molar-refractivity contribution in [2.45, 2.75) is 38.8 Å². The van der Waals surface area contributed by atoms with Gasteiger partial charge in [-0.25, -0.2) is 13.6 Å². The zero-order valence-corrected chi connectivity index (χ0v) is 24.9. The van der Waals surface area contributed by atoms with Gasteiger partial charge in [0.15, 0.2) is 0 Å². The van der Waals surface area contributed by atoms with E-state index in [1.807, 2.05) is 11.0 Å². The van der Waals surface area contributed by atoms with Gasteiger partial charge in [0.2, 0.25) is 0 Å². The Morgan fingerprint density at radius 3 is 2.22 bits per heavy atom. The lowest BCUT2D eigenvalue weighted by molar-refractivity contribution is -0.138. The fraction of sp³-hybridized carbons (Fsp3) is 0.303. The summed E-state index contributed by atoms with van der Waals surface area (Å²) >= 11 is 0. The van der Waals surface area contributed by atoms with Gasteiger partial charge in [0.1, 0.15) is 23.4 Å². The summed E-state index contributed by atoms with van der Waals surface area (Å²) in [6.45, 7) is 1.92. The van der Waals surface area contributed by atoms with Crippen LogP contribution in [0.5, 0.6) is 0 Å². The minimum atomic E-state index is -4.88. The molecular weight excluding hydrogens is 607 g/mol. The Bertz CT molecular complexity index is 1890. The minimum absolute atomic E-state index is 0.0631. The Morgan fingerprint density at radius 1 is 0.891 bits per heavy atom. The number of aromatic nitrogens is 2. The van der Waals surface area contributed by atoms with Gasteiger partial charge in [-0.15, -0.1) is 0 Å². The molecule has 13 heteroatoms. The van der Waals surface area contributed by atoms with E-state index in [9.17, 15) is 31.5 Å². The molecule has 5 rings (SSSR count). The normalized spacial score (nSPS) is 14.7. The van der Waals surface area contributed by atoms with Crippen LogP contribution >= 0.6 is 0 Å². The lowest BCUT2D eigenvalue weighted by Crippen LogP contribution is -2.51. The topological polar surface area (TPSA) is 100 Å². The second-order valence-electron chi connectivity index (χ2n) is 11.2. The Labute approximate surface area is 261 Å². The summed E-state index contributed by atoms with van der Waals surface area (Å²) < 4.78 is 73.2. The molecule has 0 radical (unpaired) electrons. The average Bonchev–Trinajstić information content (AvgIpc) is 3.03. The Morgan fingerprint density at radius 2 is 1.57 bits per heavy atom. The largest absolute Gasteiger partial charge is 0.416 e. The van der Waals surface area contributed by atoms with Crippen LogP contribution in [-0.2, 0) is 25.8 Å². The minimum Gasteiger partial charge on any atom is -0.363 e. The molecule has 1 atom stereocenters. The van der Waals surface area contributed by atoms with Crippen LogP contribution in [0.4, 0.5) is 27.6 Å². The standard InChI is InChI=1S/C33H31F5N6O2/c1-21-30(42-15-13-41(14-16-42)18-24-10-5-9-23(17-39)29(24)35)31(45)44(20-28(40)22-7-3-2-4-8-22)32(46)43(21)19-25-26(33(36,37)38)11-6-12-27(25)34/h2-12,28H,13-16,18-20,40H2,1H3/t28-/m1/s1. The first kappa shape index (κ1) is 32.6. The highest BCUT2D eigenvalue weighted by atomic mass is 19.4. The second kappa shape index (κ2) is 13.3. The Kier molecular flexibility index (Phi) is 9.41. The van der Waals surface area contributed by atoms with Crippen LogP contribution in [0.3, 0.4) is 0 Å². The maximum absolute atomic E-state index is 14.9. The highest BCUT2D eigenvalue weighted by Gasteiger charge is 2.35. The van der Waals surface area contributed by atoms with Gasteiger partial charge in [-0.05, 0) is 30.7 Å². The van der Waals surface area contributed by atoms with Crippen molar-refractivity contribution in [2.75, 3.05) is 31.1 Å². The average molecular weight is 639 g/mol. The lowest BCUT2D eigenvalue weighted by Gasteiger charge is -2.37. The van der Waals surface area contributed by atoms with E-state index in [1.165, 1.54) is 13.0 Å². The molecule has 4 aromatic rings. The molecule has 46 heavy (non-hydrogen) atoms. The predicted molar refractivity (Wildman–Crippen MR) is 162 cm³/mol. The van der Waals surface area contributed by atoms with Gasteiger partial charge >= 0.3 is 11.9 Å². The van der Waals surface area contributed by atoms with Crippen LogP contribution in [0.15, 0.2) is 76.3 Å². The highest BCUT2D eigenvalue weighted by molar-refractivity contribution is 5.50. The van der Waals surface area contributed by atoms with Crippen LogP contribution in [0.2, 0.25) is 0 Å². The zero-order chi connectivity index (χ0) is 33.2. The molecule has 0 amide bonds. The van der Waals surface area contributed by atoms with Crippen molar-refractivity contribution in [2.24, 2.45) is 5.73 Å². The number of nitriles is 1. The van der Waals surface area contributed by atoms with Gasteiger partial charge in [-0.3, -0.25) is 18.8 Å². The molecule has 0 spiro atoms. The van der Waals surface area contributed by atoms with E-state index in [0.717, 1.165) is 27.3 Å². The summed E-state index contributed by atoms with van der Waals surface area (Å²) in [5, 5.41) is 9.16. The van der Waals surface area contributed by atoms with E-state index < -0.39 is 52.8 Å². The first-order chi connectivity index (χ1) is 21.9. The molecule has 1 aromatic heterocycles. The Balaban J connectivity index is 1.53. The van der Waals surface area contributed by atoms with Gasteiger partial charge < -0.3 is 10.6 Å². The Hall–Kier alpha value is -4.80. The van der Waals surface area contributed by atoms with Gasteiger partial charge in [0.05, 0.1) is 24.2 Å². The number of alkyl halides is 3. The van der Waals surface area contributed by atoms with Crippen LogP contribution in [0.25, 0.3) is 0 Å². The first-order valence-corrected chi connectivity index (χ1v) is 14.5. The fourth-order valence-electron chi connectivity index (χ4n) is 5.80. The summed E-state index contributed by atoms with van der Waals surface area (Å²) in [6, 6.07) is 16.9. The summed E-state index contributed by atoms with van der Waals surface area (Å²) in [7, 11) is 0. The number of piperazine rings is 1. The van der Waals surface area contributed by atoms with Gasteiger partial charge in [0.25, 0.3) is 5.56 Å². The molecule has 0 unspecified atom stereocenters. The number of nitrogens with zero attached hydrogens (tertiary/aromatic N) is 5. The third-order valence-electron chi connectivity index (χ3n) is 8.29. The number of hydrogen-bond donors (Lipinski definition) is 1. The SMILES string of the molecule is Cc1c(N2CCN(Cc3cccc(C#N)c3F)CC2)c(=O)n(C[C@@H](N)c2ccccc2)c(=O)n1Cc1c(F)cccc1C(F)(F)F. The summed E-state index contributed by atoms with van der Waals surface area (Å²) in [4.78, 5) is 31.4. The third-order valence-corrected chi connectivity index (χ3v) is 8.29. The lowest BCUT2D eigenvalue weighted by atomic mass is 10.1. The zero-order valence-electron chi connectivity index (χ0n) is 24.9. The number of benzene rings is 3. The van der Waals surface area contributed by atoms with Crippen molar-refractivity contribution in [3.05, 3.63) is 133 Å². The molecule has 240 valence electrons. The highest BCUT2D eigenvalue weighted by Crippen LogP contribution is 2.33. The molecule has 1 fully saturated rings. The molecule has 0 saturated carbocycles. The van der Waals surface area contributed by atoms with Crippen LogP contribution in [-0.4, -0.2) is 40.2 Å². The molecule has 1 aliphatic heterocycles. The molecule has 3 aromatic carbocycles. The molecule has 0 bridgehead atoms. The van der Waals surface area contributed by atoms with Crippen LogP contribution < -0.4 is 21.9 Å². The van der Waals surface area contributed by atoms with Gasteiger partial charge in [-0.2, -0.15) is 18.4 Å². The van der Waals surface area contributed by atoms with E-state index in [-0.39, 0.29) is 43.1 Å². The van der Waals surface area contributed by atoms with Crippen LogP contribution in [0.1, 0.15) is 39.6 Å². The molecule has 1 aliphatic rings. The van der Waals surface area contributed by atoms with Crippen molar-refractivity contribution < 1.29 is 22.0 Å². The van der Waals surface area contributed by atoms with E-state index in [4.69, 9.17) is 11.0 Å². The summed E-state index contributed by atoms with van der Waals surface area (Å²) in [5.41, 5.74) is 3.93. The van der Waals surface area contributed by atoms with Crippen molar-refractivity contribution in [1.82, 2.24) is 14.0 Å². The van der Waals surface area contributed by atoms with Crippen molar-refractivity contribution in [1.29, 1.82) is 5.26 Å². The van der Waals surface area contributed by atoms with Crippen molar-refractivity contribution in [3.8, 4) is 6.07 Å². The number of halogens is 5. The van der Waals surface area contributed by atoms with Gasteiger partial charge in [-0.1, -0.05) is 48.5 Å². The van der Waals surface area contributed by atoms with Crippen molar-refractivity contribution in [3.63, 3.8) is 0 Å². The third kappa shape index (κ3) is 6.59. The summed E-state index contributed by atoms with van der Waals surface area (Å²) in [6.07, 6.45) is -4.88. The second-order valence-corrected chi connectivity index (χ2v) is 11.2. The van der Waals surface area contributed by atoms with Crippen molar-refractivity contribution >= 4 is 5.69 Å². The quantitative estimate of drug-likeness (QED) is 0.284. The molecule has 0 aliphatic carbocycles. The predicted octanol–water partition coefficient (Wildman–Crippen LogP) is 4.56. The number of hydrogen-bond acceptors (Lipinski definition) is 6. The molecule has 8 nitrogen and oxygen atoms in total. The van der Waals surface area contributed by atoms with Crippen LogP contribution in [0, 0.1) is 29.9 Å². The maximum atomic E-state index is 14.9. The van der Waals surface area contributed by atoms with E-state index in [2.05, 4.69) is 0 Å². The summed E-state index contributed by atoms with van der Waals surface area (Å²) in [5.74, 6) is -1.73. The monoisotopic (exact) mass is 638 g/mol. The molecular formula is C33H31F5N6O2. The molecule has 2 N–H and O–H groups in total. The van der Waals surface area contributed by atoms with E-state index >= 15 is 0 Å². The molecule has 1 saturated heterocycles. The first-order valence-electron chi connectivity index (χ1n) is 14.5. The van der Waals surface area contributed by atoms with Gasteiger partial charge in [0, 0.05) is 55.6 Å². The van der Waals surface area contributed by atoms with E-state index in [1.54, 1.807) is 47.4 Å². The fourth-order valence-corrected chi connectivity index (χ4v) is 5.80. The molecule has 2 heterocycles. The van der Waals surface area contributed by atoms with E-state index in [0.29, 0.717) is 24.2 Å². The number of rotatable bonds is 8. The smallest absolute Gasteiger partial charge is 0.363 e. The maximum Gasteiger partial charge on any atom is 0.416 e. The number of nitrogens with two attached hydrogens (primary N) is 1. The number of anilines is 1.